The zero-order valence-corrected chi connectivity index (χ0v) is 20.0. The first kappa shape index (κ1) is 28.8. The van der Waals surface area contributed by atoms with Crippen molar-refractivity contribution in [2.75, 3.05) is 7.11 Å². The van der Waals surface area contributed by atoms with E-state index >= 15 is 0 Å². The van der Waals surface area contributed by atoms with Gasteiger partial charge < -0.3 is 23.7 Å². The predicted molar refractivity (Wildman–Crippen MR) is 112 cm³/mol. The van der Waals surface area contributed by atoms with Crippen molar-refractivity contribution in [3.8, 4) is 0 Å². The molecule has 1 fully saturated rings. The van der Waals surface area contributed by atoms with Crippen molar-refractivity contribution in [3.63, 3.8) is 0 Å². The number of ether oxygens (including phenoxy) is 5. The number of esters is 3. The molecule has 33 heavy (non-hydrogen) atoms. The minimum absolute atomic E-state index is 0.0719. The van der Waals surface area contributed by atoms with E-state index in [0.29, 0.717) is 25.7 Å². The van der Waals surface area contributed by atoms with Crippen LogP contribution < -0.4 is 0 Å². The highest BCUT2D eigenvalue weighted by molar-refractivity contribution is 5.71. The normalized spacial score (nSPS) is 24.6. The first-order valence-corrected chi connectivity index (χ1v) is 11.4. The second kappa shape index (κ2) is 15.6. The maximum Gasteiger partial charge on any atom is 0.342 e. The minimum atomic E-state index is -1.49. The summed E-state index contributed by atoms with van der Waals surface area (Å²) in [5.74, 6) is -2.46. The van der Waals surface area contributed by atoms with Crippen molar-refractivity contribution in [2.24, 2.45) is 0 Å². The van der Waals surface area contributed by atoms with Crippen LogP contribution >= 0.6 is 0 Å². The van der Waals surface area contributed by atoms with Crippen LogP contribution in [0.1, 0.15) is 79.1 Å². The van der Waals surface area contributed by atoms with Gasteiger partial charge in [0.05, 0.1) is 0 Å². The summed E-state index contributed by atoms with van der Waals surface area (Å²) in [4.78, 5) is 58.6. The predicted octanol–water partition coefficient (Wildman–Crippen LogP) is 2.73. The summed E-state index contributed by atoms with van der Waals surface area (Å²) in [6.07, 6.45) is -4.29. The molecule has 5 atom stereocenters. The Morgan fingerprint density at radius 1 is 0.606 bits per heavy atom. The summed E-state index contributed by atoms with van der Waals surface area (Å²) in [7, 11) is 1.29. The SMILES string of the molecule is CCCC(=O)OO[C@H]1O[C@H](OC)[C@H](OC(=O)CCC)[C@@H](OC(=O)CCC)[C@@H]1OC(=O)CCC. The Bertz CT molecular complexity index is 636. The van der Waals surface area contributed by atoms with Crippen LogP contribution in [0.2, 0.25) is 0 Å². The van der Waals surface area contributed by atoms with E-state index in [1.54, 1.807) is 27.7 Å². The second-order valence-corrected chi connectivity index (χ2v) is 7.52. The third-order valence-corrected chi connectivity index (χ3v) is 4.54. The van der Waals surface area contributed by atoms with Gasteiger partial charge in [0, 0.05) is 32.8 Å². The standard InChI is InChI=1S/C22H36O11/c1-6-10-14(23)28-18-19(29-15(24)11-7-2)21(27-5)31-22(33-32-17(26)13-9-4)20(18)30-16(25)12-8-3/h18-22H,6-13H2,1-5H3/t18-,19-,20+,21+,22-/m1/s1. The summed E-state index contributed by atoms with van der Waals surface area (Å²) < 4.78 is 27.5. The molecule has 1 heterocycles. The largest absolute Gasteiger partial charge is 0.454 e. The lowest BCUT2D eigenvalue weighted by atomic mass is 10.0. The molecule has 1 aliphatic heterocycles. The maximum atomic E-state index is 12.4. The van der Waals surface area contributed by atoms with Gasteiger partial charge in [-0.25, -0.2) is 4.79 Å². The molecule has 0 saturated carbocycles. The van der Waals surface area contributed by atoms with E-state index < -0.39 is 54.8 Å². The molecule has 0 amide bonds. The number of rotatable bonds is 14. The average Bonchev–Trinajstić information content (AvgIpc) is 2.76. The fourth-order valence-corrected chi connectivity index (χ4v) is 3.02. The van der Waals surface area contributed by atoms with Crippen molar-refractivity contribution < 1.29 is 52.6 Å². The molecule has 11 heteroatoms. The van der Waals surface area contributed by atoms with E-state index in [-0.39, 0.29) is 25.7 Å². The van der Waals surface area contributed by atoms with Crippen LogP contribution in [0.5, 0.6) is 0 Å². The highest BCUT2D eigenvalue weighted by atomic mass is 17.2. The Morgan fingerprint density at radius 3 is 1.42 bits per heavy atom. The molecule has 11 nitrogen and oxygen atoms in total. The third-order valence-electron chi connectivity index (χ3n) is 4.54. The molecule has 1 rings (SSSR count). The van der Waals surface area contributed by atoms with E-state index in [9.17, 15) is 19.2 Å². The average molecular weight is 477 g/mol. The maximum absolute atomic E-state index is 12.4. The van der Waals surface area contributed by atoms with Gasteiger partial charge in [-0.1, -0.05) is 27.7 Å². The van der Waals surface area contributed by atoms with E-state index in [1.165, 1.54) is 7.11 Å². The van der Waals surface area contributed by atoms with E-state index in [2.05, 4.69) is 0 Å². The molecule has 0 spiro atoms. The third kappa shape index (κ3) is 9.65. The lowest BCUT2D eigenvalue weighted by Gasteiger charge is -2.42. The van der Waals surface area contributed by atoms with Crippen molar-refractivity contribution >= 4 is 23.9 Å². The highest BCUT2D eigenvalue weighted by Gasteiger charge is 2.54. The summed E-state index contributed by atoms with van der Waals surface area (Å²) >= 11 is 0. The molecule has 1 saturated heterocycles. The van der Waals surface area contributed by atoms with Crippen molar-refractivity contribution in [1.29, 1.82) is 0 Å². The minimum Gasteiger partial charge on any atom is -0.454 e. The second-order valence-electron chi connectivity index (χ2n) is 7.52. The van der Waals surface area contributed by atoms with Gasteiger partial charge >= 0.3 is 23.9 Å². The molecule has 1 aliphatic rings. The van der Waals surface area contributed by atoms with Gasteiger partial charge in [0.25, 0.3) is 0 Å². The van der Waals surface area contributed by atoms with Crippen molar-refractivity contribution in [2.45, 2.75) is 110 Å². The van der Waals surface area contributed by atoms with Gasteiger partial charge in [-0.3, -0.25) is 19.3 Å². The van der Waals surface area contributed by atoms with Crippen LogP contribution in [-0.2, 0) is 52.6 Å². The molecule has 0 aromatic heterocycles. The molecular formula is C22H36O11. The summed E-state index contributed by atoms with van der Waals surface area (Å²) in [6.45, 7) is 7.16. The smallest absolute Gasteiger partial charge is 0.342 e. The van der Waals surface area contributed by atoms with Crippen LogP contribution in [0.25, 0.3) is 0 Å². The van der Waals surface area contributed by atoms with Gasteiger partial charge in [0.15, 0.2) is 18.3 Å². The quantitative estimate of drug-likeness (QED) is 0.159. The van der Waals surface area contributed by atoms with Gasteiger partial charge in [-0.2, -0.15) is 0 Å². The summed E-state index contributed by atoms with van der Waals surface area (Å²) in [5, 5.41) is 0. The van der Waals surface area contributed by atoms with Crippen LogP contribution in [0.15, 0.2) is 0 Å². The number of carbonyl (C=O) groups is 4. The van der Waals surface area contributed by atoms with Gasteiger partial charge in [-0.15, -0.1) is 4.89 Å². The summed E-state index contributed by atoms with van der Waals surface area (Å²) in [6, 6.07) is 0. The topological polar surface area (TPSA) is 133 Å². The highest BCUT2D eigenvalue weighted by Crippen LogP contribution is 2.31. The molecule has 0 radical (unpaired) electrons. The molecular weight excluding hydrogens is 440 g/mol. The first-order valence-electron chi connectivity index (χ1n) is 11.4. The fourth-order valence-electron chi connectivity index (χ4n) is 3.02. The molecule has 0 aromatic rings. The molecule has 0 N–H and O–H groups in total. The zero-order chi connectivity index (χ0) is 24.8. The van der Waals surface area contributed by atoms with E-state index in [4.69, 9.17) is 33.5 Å². The Balaban J connectivity index is 3.27. The lowest BCUT2D eigenvalue weighted by molar-refractivity contribution is -0.425. The lowest BCUT2D eigenvalue weighted by Crippen LogP contribution is -2.62. The molecule has 0 unspecified atom stereocenters. The molecule has 190 valence electrons. The molecule has 0 aliphatic carbocycles. The van der Waals surface area contributed by atoms with Crippen LogP contribution in [0.3, 0.4) is 0 Å². The summed E-state index contributed by atoms with van der Waals surface area (Å²) in [5.41, 5.74) is 0. The van der Waals surface area contributed by atoms with Crippen molar-refractivity contribution in [3.05, 3.63) is 0 Å². The van der Waals surface area contributed by atoms with Gasteiger partial charge in [-0.05, 0) is 25.7 Å². The molecule has 0 aromatic carbocycles. The number of carbonyl (C=O) groups excluding carboxylic acids is 4. The Kier molecular flexibility index (Phi) is 13.6. The molecule has 0 bridgehead atoms. The Labute approximate surface area is 194 Å². The monoisotopic (exact) mass is 476 g/mol. The van der Waals surface area contributed by atoms with E-state index in [0.717, 1.165) is 0 Å². The van der Waals surface area contributed by atoms with Crippen LogP contribution in [0, 0.1) is 0 Å². The zero-order valence-electron chi connectivity index (χ0n) is 20.0. The fraction of sp³-hybridized carbons (Fsp3) is 0.818. The van der Waals surface area contributed by atoms with Crippen molar-refractivity contribution in [1.82, 2.24) is 0 Å². The number of hydrogen-bond acceptors (Lipinski definition) is 11. The first-order chi connectivity index (χ1) is 15.8. The van der Waals surface area contributed by atoms with Gasteiger partial charge in [0.1, 0.15) is 0 Å². The Morgan fingerprint density at radius 2 is 1.00 bits per heavy atom. The van der Waals surface area contributed by atoms with Crippen LogP contribution in [0.4, 0.5) is 0 Å². The van der Waals surface area contributed by atoms with Crippen LogP contribution in [-0.4, -0.2) is 61.9 Å². The van der Waals surface area contributed by atoms with Gasteiger partial charge in [0.2, 0.25) is 12.6 Å². The number of hydrogen-bond donors (Lipinski definition) is 0. The van der Waals surface area contributed by atoms with E-state index in [1.807, 2.05) is 0 Å². The number of methoxy groups -OCH3 is 1. The Hall–Kier alpha value is -2.24.